The molecule has 0 heterocycles. The Balaban J connectivity index is 1.73. The van der Waals surface area contributed by atoms with Crippen molar-refractivity contribution in [1.82, 2.24) is 5.32 Å². The van der Waals surface area contributed by atoms with Crippen molar-refractivity contribution in [3.05, 3.63) is 98.6 Å². The number of ether oxygens (including phenoxy) is 1. The highest BCUT2D eigenvalue weighted by Gasteiger charge is 2.24. The molecule has 0 saturated carbocycles. The van der Waals surface area contributed by atoms with E-state index >= 15 is 0 Å². The molecular formula is C24H24ClN3O6S. The van der Waals surface area contributed by atoms with Crippen molar-refractivity contribution in [1.29, 1.82) is 0 Å². The third kappa shape index (κ3) is 6.93. The minimum Gasteiger partial charge on any atom is -0.495 e. The Kier molecular flexibility index (Phi) is 8.31. The quantitative estimate of drug-likeness (QED) is 0.318. The standard InChI is InChI=1S/C24H24ClN3O6S/c1-34-23-12-11-21(28(30)31)15-22(23)27(35(2,32)33)16-18-3-7-19(8-4-18)24(29)26-14-13-17-5-9-20(25)10-6-17/h3-12,15H,13-14,16H2,1-2H3,(H,26,29). The molecule has 0 fully saturated rings. The van der Waals surface area contributed by atoms with Crippen LogP contribution in [0.1, 0.15) is 21.5 Å². The van der Waals surface area contributed by atoms with Gasteiger partial charge in [0.25, 0.3) is 11.6 Å². The molecule has 0 atom stereocenters. The molecule has 0 saturated heterocycles. The predicted octanol–water partition coefficient (Wildman–Crippen LogP) is 4.20. The van der Waals surface area contributed by atoms with Gasteiger partial charge in [-0.1, -0.05) is 35.9 Å². The minimum absolute atomic E-state index is 0.0493. The smallest absolute Gasteiger partial charge is 0.271 e. The van der Waals surface area contributed by atoms with Crippen LogP contribution in [0, 0.1) is 10.1 Å². The third-order valence-electron chi connectivity index (χ3n) is 5.20. The zero-order valence-corrected chi connectivity index (χ0v) is 20.7. The number of nitrogens with one attached hydrogen (secondary N) is 1. The fourth-order valence-electron chi connectivity index (χ4n) is 3.37. The van der Waals surface area contributed by atoms with Crippen LogP contribution in [0.4, 0.5) is 11.4 Å². The first-order chi connectivity index (χ1) is 16.6. The minimum atomic E-state index is -3.82. The Morgan fingerprint density at radius 2 is 1.69 bits per heavy atom. The van der Waals surface area contributed by atoms with E-state index in [1.54, 1.807) is 36.4 Å². The molecule has 0 spiro atoms. The molecule has 9 nitrogen and oxygen atoms in total. The van der Waals surface area contributed by atoms with Crippen LogP contribution in [0.25, 0.3) is 0 Å². The molecule has 3 aromatic carbocycles. The van der Waals surface area contributed by atoms with Crippen LogP contribution in [0.5, 0.6) is 5.75 Å². The Morgan fingerprint density at radius 1 is 1.06 bits per heavy atom. The maximum Gasteiger partial charge on any atom is 0.271 e. The summed E-state index contributed by atoms with van der Waals surface area (Å²) in [5.41, 5.74) is 1.83. The predicted molar refractivity (Wildman–Crippen MR) is 135 cm³/mol. The first-order valence-corrected chi connectivity index (χ1v) is 12.7. The molecule has 0 radical (unpaired) electrons. The number of sulfonamides is 1. The van der Waals surface area contributed by atoms with Crippen LogP contribution in [-0.2, 0) is 23.0 Å². The number of nitrogens with zero attached hydrogens (tertiary/aromatic N) is 2. The van der Waals surface area contributed by atoms with Gasteiger partial charge in [0.05, 0.1) is 24.8 Å². The van der Waals surface area contributed by atoms with E-state index in [9.17, 15) is 23.3 Å². The second-order valence-electron chi connectivity index (χ2n) is 7.71. The number of non-ortho nitro benzene ring substituents is 1. The summed E-state index contributed by atoms with van der Waals surface area (Å²) in [6, 6.07) is 17.6. The number of carbonyl (C=O) groups is 1. The number of nitro benzene ring substituents is 1. The first-order valence-electron chi connectivity index (χ1n) is 10.5. The molecule has 3 aromatic rings. The zero-order valence-electron chi connectivity index (χ0n) is 19.1. The molecule has 1 N–H and O–H groups in total. The van der Waals surface area contributed by atoms with Crippen LogP contribution in [0.15, 0.2) is 66.7 Å². The summed E-state index contributed by atoms with van der Waals surface area (Å²) >= 11 is 5.88. The van der Waals surface area contributed by atoms with E-state index in [-0.39, 0.29) is 29.6 Å². The fraction of sp³-hybridized carbons (Fsp3) is 0.208. The number of hydrogen-bond donors (Lipinski definition) is 1. The van der Waals surface area contributed by atoms with E-state index in [4.69, 9.17) is 16.3 Å². The molecule has 0 aliphatic heterocycles. The normalized spacial score (nSPS) is 11.1. The summed E-state index contributed by atoms with van der Waals surface area (Å²) in [5.74, 6) is -0.0800. The Morgan fingerprint density at radius 3 is 2.26 bits per heavy atom. The SMILES string of the molecule is COc1ccc([N+](=O)[O-])cc1N(Cc1ccc(C(=O)NCCc2ccc(Cl)cc2)cc1)S(C)(=O)=O. The number of rotatable bonds is 10. The molecule has 3 rings (SSSR count). The fourth-order valence-corrected chi connectivity index (χ4v) is 4.38. The van der Waals surface area contributed by atoms with Crippen molar-refractivity contribution < 1.29 is 22.9 Å². The van der Waals surface area contributed by atoms with Crippen molar-refractivity contribution in [2.24, 2.45) is 0 Å². The lowest BCUT2D eigenvalue weighted by Gasteiger charge is -2.24. The third-order valence-corrected chi connectivity index (χ3v) is 6.58. The Labute approximate surface area is 208 Å². The maximum absolute atomic E-state index is 12.5. The topological polar surface area (TPSA) is 119 Å². The van der Waals surface area contributed by atoms with Crippen molar-refractivity contribution in [3.63, 3.8) is 0 Å². The molecule has 1 amide bonds. The number of methoxy groups -OCH3 is 1. The molecule has 0 aliphatic rings. The van der Waals surface area contributed by atoms with Crippen LogP contribution < -0.4 is 14.4 Å². The Hall–Kier alpha value is -3.63. The monoisotopic (exact) mass is 517 g/mol. The highest BCUT2D eigenvalue weighted by molar-refractivity contribution is 7.92. The van der Waals surface area contributed by atoms with E-state index < -0.39 is 14.9 Å². The van der Waals surface area contributed by atoms with Gasteiger partial charge in [0.15, 0.2) is 0 Å². The average molecular weight is 518 g/mol. The average Bonchev–Trinajstić information content (AvgIpc) is 2.83. The molecule has 11 heteroatoms. The number of amides is 1. The summed E-state index contributed by atoms with van der Waals surface area (Å²) in [4.78, 5) is 23.1. The molecule has 0 unspecified atom stereocenters. The summed E-state index contributed by atoms with van der Waals surface area (Å²) < 4.78 is 31.3. The van der Waals surface area contributed by atoms with Crippen LogP contribution in [0.3, 0.4) is 0 Å². The molecule has 184 valence electrons. The van der Waals surface area contributed by atoms with Crippen molar-refractivity contribution in [2.75, 3.05) is 24.2 Å². The molecule has 0 aromatic heterocycles. The first kappa shape index (κ1) is 26.0. The van der Waals surface area contributed by atoms with Gasteiger partial charge in [-0.25, -0.2) is 8.42 Å². The highest BCUT2D eigenvalue weighted by Crippen LogP contribution is 2.34. The number of benzene rings is 3. The van der Waals surface area contributed by atoms with E-state index in [1.807, 2.05) is 12.1 Å². The number of nitro groups is 1. The van der Waals surface area contributed by atoms with E-state index in [1.165, 1.54) is 19.2 Å². The van der Waals surface area contributed by atoms with Gasteiger partial charge in [-0.05, 0) is 47.9 Å². The summed E-state index contributed by atoms with van der Waals surface area (Å²) in [6.45, 7) is 0.339. The highest BCUT2D eigenvalue weighted by atomic mass is 35.5. The largest absolute Gasteiger partial charge is 0.495 e. The summed E-state index contributed by atoms with van der Waals surface area (Å²) in [5, 5.41) is 14.7. The number of halogens is 1. The Bertz CT molecular complexity index is 1310. The van der Waals surface area contributed by atoms with Gasteiger partial charge >= 0.3 is 0 Å². The van der Waals surface area contributed by atoms with Gasteiger partial charge in [0, 0.05) is 29.3 Å². The van der Waals surface area contributed by atoms with E-state index in [0.29, 0.717) is 29.1 Å². The summed E-state index contributed by atoms with van der Waals surface area (Å²) in [6.07, 6.45) is 1.66. The van der Waals surface area contributed by atoms with Crippen LogP contribution in [0.2, 0.25) is 5.02 Å². The van der Waals surface area contributed by atoms with Crippen molar-refractivity contribution >= 4 is 38.9 Å². The lowest BCUT2D eigenvalue weighted by molar-refractivity contribution is -0.384. The molecule has 0 bridgehead atoms. The summed E-state index contributed by atoms with van der Waals surface area (Å²) in [7, 11) is -2.46. The van der Waals surface area contributed by atoms with Gasteiger partial charge < -0.3 is 10.1 Å². The van der Waals surface area contributed by atoms with Crippen LogP contribution >= 0.6 is 11.6 Å². The van der Waals surface area contributed by atoms with Crippen molar-refractivity contribution in [3.8, 4) is 5.75 Å². The van der Waals surface area contributed by atoms with Crippen LogP contribution in [-0.4, -0.2) is 39.2 Å². The second-order valence-corrected chi connectivity index (χ2v) is 10.1. The maximum atomic E-state index is 12.5. The van der Waals surface area contributed by atoms with Gasteiger partial charge in [0.2, 0.25) is 10.0 Å². The zero-order chi connectivity index (χ0) is 25.6. The number of carbonyl (C=O) groups excluding carboxylic acids is 1. The second kappa shape index (κ2) is 11.2. The molecule has 35 heavy (non-hydrogen) atoms. The van der Waals surface area contributed by atoms with Gasteiger partial charge in [0.1, 0.15) is 11.4 Å². The van der Waals surface area contributed by atoms with Gasteiger partial charge in [-0.15, -0.1) is 0 Å². The van der Waals surface area contributed by atoms with E-state index in [2.05, 4.69) is 5.32 Å². The van der Waals surface area contributed by atoms with Crippen molar-refractivity contribution in [2.45, 2.75) is 13.0 Å². The van der Waals surface area contributed by atoms with Gasteiger partial charge in [-0.3, -0.25) is 19.2 Å². The molecule has 0 aliphatic carbocycles. The van der Waals surface area contributed by atoms with E-state index in [0.717, 1.165) is 22.2 Å². The lowest BCUT2D eigenvalue weighted by Crippen LogP contribution is -2.30. The number of hydrogen-bond acceptors (Lipinski definition) is 6. The lowest BCUT2D eigenvalue weighted by atomic mass is 10.1. The van der Waals surface area contributed by atoms with Gasteiger partial charge in [-0.2, -0.15) is 0 Å². The number of anilines is 1. The molecular weight excluding hydrogens is 494 g/mol.